The maximum atomic E-state index is 12.0. The number of methoxy groups -OCH3 is 1. The van der Waals surface area contributed by atoms with Gasteiger partial charge in [-0.25, -0.2) is 13.1 Å². The van der Waals surface area contributed by atoms with E-state index in [1.165, 1.54) is 19.2 Å². The monoisotopic (exact) mass is 380 g/mol. The predicted octanol–water partition coefficient (Wildman–Crippen LogP) is 0.608. The van der Waals surface area contributed by atoms with Crippen molar-refractivity contribution in [2.45, 2.75) is 11.8 Å². The molecule has 5 N–H and O–H groups in total. The van der Waals surface area contributed by atoms with Crippen molar-refractivity contribution in [2.24, 2.45) is 11.7 Å². The first-order valence-corrected chi connectivity index (χ1v) is 8.65. The molecule has 0 aromatic heterocycles. The van der Waals surface area contributed by atoms with Gasteiger partial charge in [-0.15, -0.1) is 12.4 Å². The van der Waals surface area contributed by atoms with Crippen molar-refractivity contribution in [3.63, 3.8) is 0 Å². The Morgan fingerprint density at radius 1 is 1.33 bits per heavy atom. The van der Waals surface area contributed by atoms with Gasteiger partial charge in [0.05, 0.1) is 22.9 Å². The maximum Gasteiger partial charge on any atom is 0.240 e. The molecule has 138 valence electrons. The fourth-order valence-corrected chi connectivity index (χ4v) is 2.47. The Morgan fingerprint density at radius 3 is 2.54 bits per heavy atom. The molecule has 8 nitrogen and oxygen atoms in total. The van der Waals surface area contributed by atoms with Gasteiger partial charge in [0.2, 0.25) is 15.9 Å². The Hall–Kier alpha value is -1.39. The van der Waals surface area contributed by atoms with Gasteiger partial charge in [0.1, 0.15) is 0 Å². The van der Waals surface area contributed by atoms with Crippen LogP contribution in [0.25, 0.3) is 0 Å². The SMILES string of the molecule is CNS(=O)(=O)c1ccc(NCCOC)c(NC(=O)C(C)CN)c1.Cl. The third-order valence-electron chi connectivity index (χ3n) is 3.25. The van der Waals surface area contributed by atoms with Crippen LogP contribution in [-0.2, 0) is 19.6 Å². The number of benzene rings is 1. The smallest absolute Gasteiger partial charge is 0.240 e. The van der Waals surface area contributed by atoms with Crippen LogP contribution < -0.4 is 21.1 Å². The molecule has 10 heteroatoms. The normalized spacial score (nSPS) is 12.2. The van der Waals surface area contributed by atoms with Crippen molar-refractivity contribution in [1.29, 1.82) is 0 Å². The number of hydrogen-bond acceptors (Lipinski definition) is 6. The summed E-state index contributed by atoms with van der Waals surface area (Å²) in [6.45, 7) is 2.89. The van der Waals surface area contributed by atoms with Gasteiger partial charge in [-0.3, -0.25) is 4.79 Å². The molecule has 1 aromatic rings. The number of nitrogens with one attached hydrogen (secondary N) is 3. The topological polar surface area (TPSA) is 123 Å². The van der Waals surface area contributed by atoms with Gasteiger partial charge < -0.3 is 21.1 Å². The molecular weight excluding hydrogens is 356 g/mol. The summed E-state index contributed by atoms with van der Waals surface area (Å²) in [5.41, 5.74) is 6.47. The van der Waals surface area contributed by atoms with E-state index in [4.69, 9.17) is 10.5 Å². The van der Waals surface area contributed by atoms with Crippen LogP contribution in [-0.4, -0.2) is 48.2 Å². The third kappa shape index (κ3) is 6.25. The number of anilines is 2. The van der Waals surface area contributed by atoms with Crippen LogP contribution in [0.1, 0.15) is 6.92 Å². The lowest BCUT2D eigenvalue weighted by Gasteiger charge is -2.16. The Labute approximate surface area is 149 Å². The van der Waals surface area contributed by atoms with Crippen LogP contribution in [0.2, 0.25) is 0 Å². The molecule has 1 unspecified atom stereocenters. The van der Waals surface area contributed by atoms with Crippen LogP contribution in [0, 0.1) is 5.92 Å². The second kappa shape index (κ2) is 10.5. The summed E-state index contributed by atoms with van der Waals surface area (Å²) in [5, 5.41) is 5.80. The van der Waals surface area contributed by atoms with Crippen molar-refractivity contribution in [3.05, 3.63) is 18.2 Å². The van der Waals surface area contributed by atoms with E-state index in [2.05, 4.69) is 15.4 Å². The summed E-state index contributed by atoms with van der Waals surface area (Å²) in [7, 11) is -0.695. The van der Waals surface area contributed by atoms with E-state index in [9.17, 15) is 13.2 Å². The lowest BCUT2D eigenvalue weighted by molar-refractivity contribution is -0.119. The first kappa shape index (κ1) is 22.6. The van der Waals surface area contributed by atoms with E-state index in [0.717, 1.165) is 0 Å². The highest BCUT2D eigenvalue weighted by atomic mass is 35.5. The van der Waals surface area contributed by atoms with E-state index < -0.39 is 10.0 Å². The summed E-state index contributed by atoms with van der Waals surface area (Å²) in [6.07, 6.45) is 0. The molecule has 0 bridgehead atoms. The number of sulfonamides is 1. The molecular formula is C14H25ClN4O4S. The maximum absolute atomic E-state index is 12.0. The molecule has 0 fully saturated rings. The molecule has 1 amide bonds. The first-order valence-electron chi connectivity index (χ1n) is 7.17. The summed E-state index contributed by atoms with van der Waals surface area (Å²) in [5.74, 6) is -0.660. The quantitative estimate of drug-likeness (QED) is 0.465. The average molecular weight is 381 g/mol. The van der Waals surface area contributed by atoms with Gasteiger partial charge in [-0.05, 0) is 25.2 Å². The molecule has 0 saturated carbocycles. The number of nitrogens with two attached hydrogens (primary N) is 1. The fourth-order valence-electron chi connectivity index (χ4n) is 1.72. The molecule has 0 aliphatic heterocycles. The zero-order chi connectivity index (χ0) is 17.5. The largest absolute Gasteiger partial charge is 0.383 e. The van der Waals surface area contributed by atoms with Crippen molar-refractivity contribution < 1.29 is 17.9 Å². The van der Waals surface area contributed by atoms with Gasteiger partial charge in [-0.1, -0.05) is 6.92 Å². The standard InChI is InChI=1S/C14H24N4O4S.ClH/c1-10(9-15)14(19)18-13-8-11(23(20,21)16-2)4-5-12(13)17-6-7-22-3;/h4-5,8,10,16-17H,6-7,9,15H2,1-3H3,(H,18,19);1H. The second-order valence-corrected chi connectivity index (χ2v) is 6.85. The number of carbonyl (C=O) groups is 1. The molecule has 0 radical (unpaired) electrons. The average Bonchev–Trinajstić information content (AvgIpc) is 2.55. The van der Waals surface area contributed by atoms with Crippen molar-refractivity contribution in [1.82, 2.24) is 4.72 Å². The summed E-state index contributed by atoms with van der Waals surface area (Å²) >= 11 is 0. The summed E-state index contributed by atoms with van der Waals surface area (Å²) < 4.78 is 31.0. The predicted molar refractivity (Wildman–Crippen MR) is 97.1 cm³/mol. The van der Waals surface area contributed by atoms with E-state index >= 15 is 0 Å². The summed E-state index contributed by atoms with van der Waals surface area (Å²) in [4.78, 5) is 12.1. The minimum absolute atomic E-state index is 0. The van der Waals surface area contributed by atoms with Crippen molar-refractivity contribution in [3.8, 4) is 0 Å². The third-order valence-corrected chi connectivity index (χ3v) is 4.66. The van der Waals surface area contributed by atoms with Crippen molar-refractivity contribution in [2.75, 3.05) is 44.5 Å². The van der Waals surface area contributed by atoms with Gasteiger partial charge >= 0.3 is 0 Å². The molecule has 24 heavy (non-hydrogen) atoms. The van der Waals surface area contributed by atoms with Gasteiger partial charge in [0.15, 0.2) is 0 Å². The number of amides is 1. The Kier molecular flexibility index (Phi) is 9.86. The van der Waals surface area contributed by atoms with Crippen molar-refractivity contribution >= 4 is 39.7 Å². The van der Waals surface area contributed by atoms with Crippen LogP contribution in [0.3, 0.4) is 0 Å². The fraction of sp³-hybridized carbons (Fsp3) is 0.500. The van der Waals surface area contributed by atoms with Crippen LogP contribution in [0.15, 0.2) is 23.1 Å². The Balaban J connectivity index is 0.00000529. The van der Waals surface area contributed by atoms with Crippen LogP contribution in [0.4, 0.5) is 11.4 Å². The molecule has 0 aliphatic carbocycles. The van der Waals surface area contributed by atoms with E-state index in [1.807, 2.05) is 0 Å². The van der Waals surface area contributed by atoms with Gasteiger partial charge in [0.25, 0.3) is 0 Å². The Morgan fingerprint density at radius 2 is 2.00 bits per heavy atom. The highest BCUT2D eigenvalue weighted by Gasteiger charge is 2.17. The molecule has 0 heterocycles. The molecule has 1 aromatic carbocycles. The number of carbonyl (C=O) groups excluding carboxylic acids is 1. The minimum Gasteiger partial charge on any atom is -0.383 e. The molecule has 0 saturated heterocycles. The van der Waals surface area contributed by atoms with Gasteiger partial charge in [-0.2, -0.15) is 0 Å². The zero-order valence-electron chi connectivity index (χ0n) is 14.0. The molecule has 1 rings (SSSR count). The number of rotatable bonds is 9. The molecule has 0 aliphatic rings. The van der Waals surface area contributed by atoms with Gasteiger partial charge in [0, 0.05) is 26.1 Å². The minimum atomic E-state index is -3.60. The van der Waals surface area contributed by atoms with E-state index in [0.29, 0.717) is 24.5 Å². The lowest BCUT2D eigenvalue weighted by Crippen LogP contribution is -2.27. The Bertz CT molecular complexity index is 640. The highest BCUT2D eigenvalue weighted by molar-refractivity contribution is 7.89. The summed E-state index contributed by atoms with van der Waals surface area (Å²) in [6, 6.07) is 4.47. The van der Waals surface area contributed by atoms with Crippen LogP contribution >= 0.6 is 12.4 Å². The number of halogens is 1. The molecule has 0 spiro atoms. The first-order chi connectivity index (χ1) is 10.9. The lowest BCUT2D eigenvalue weighted by atomic mass is 10.1. The van der Waals surface area contributed by atoms with E-state index in [-0.39, 0.29) is 35.7 Å². The number of hydrogen-bond donors (Lipinski definition) is 4. The van der Waals surface area contributed by atoms with E-state index in [1.54, 1.807) is 20.1 Å². The zero-order valence-corrected chi connectivity index (χ0v) is 15.6. The van der Waals surface area contributed by atoms with Crippen LogP contribution in [0.5, 0.6) is 0 Å². The second-order valence-electron chi connectivity index (χ2n) is 4.96. The highest BCUT2D eigenvalue weighted by Crippen LogP contribution is 2.26. The molecule has 1 atom stereocenters. The number of ether oxygens (including phenoxy) is 1.